The normalized spacial score (nSPS) is 15.2. The fourth-order valence-electron chi connectivity index (χ4n) is 2.67. The molecule has 3 N–H and O–H groups in total. The van der Waals surface area contributed by atoms with Gasteiger partial charge in [-0.15, -0.1) is 0 Å². The lowest BCUT2D eigenvalue weighted by Gasteiger charge is -2.18. The summed E-state index contributed by atoms with van der Waals surface area (Å²) in [5.74, 6) is -2.35. The van der Waals surface area contributed by atoms with E-state index < -0.39 is 24.1 Å². The van der Waals surface area contributed by atoms with Crippen LogP contribution in [0.5, 0.6) is 5.75 Å². The molecule has 3 rings (SSSR count). The van der Waals surface area contributed by atoms with Gasteiger partial charge in [0.2, 0.25) is 0 Å². The van der Waals surface area contributed by atoms with Crippen molar-refractivity contribution >= 4 is 17.3 Å². The van der Waals surface area contributed by atoms with Crippen LogP contribution < -0.4 is 4.90 Å². The van der Waals surface area contributed by atoms with E-state index in [-0.39, 0.29) is 40.4 Å². The number of oxime groups is 1. The van der Waals surface area contributed by atoms with E-state index in [1.165, 1.54) is 6.07 Å². The number of carbonyl (C=O) groups is 1. The van der Waals surface area contributed by atoms with Gasteiger partial charge >= 0.3 is 0 Å². The van der Waals surface area contributed by atoms with Crippen LogP contribution in [0.1, 0.15) is 16.7 Å². The SMILES string of the molecule is O=C1/C(=N\O)c2cc(F)ccc2N1Cc1cc(F)cc(CO)c1O. The van der Waals surface area contributed by atoms with Crippen molar-refractivity contribution < 1.29 is 29.0 Å². The molecular weight excluding hydrogens is 322 g/mol. The van der Waals surface area contributed by atoms with Crippen LogP contribution in [0.4, 0.5) is 14.5 Å². The van der Waals surface area contributed by atoms with E-state index in [1.807, 2.05) is 0 Å². The van der Waals surface area contributed by atoms with Crippen molar-refractivity contribution in [3.05, 3.63) is 58.7 Å². The highest BCUT2D eigenvalue weighted by molar-refractivity contribution is 6.54. The molecule has 2 aromatic carbocycles. The third kappa shape index (κ3) is 2.46. The zero-order valence-corrected chi connectivity index (χ0v) is 12.2. The van der Waals surface area contributed by atoms with Crippen LogP contribution in [0.2, 0.25) is 0 Å². The molecule has 0 spiro atoms. The van der Waals surface area contributed by atoms with Gasteiger partial charge in [0.25, 0.3) is 5.91 Å². The number of aromatic hydroxyl groups is 1. The zero-order valence-electron chi connectivity index (χ0n) is 12.2. The number of halogens is 2. The smallest absolute Gasteiger partial charge is 0.281 e. The number of anilines is 1. The van der Waals surface area contributed by atoms with Gasteiger partial charge in [-0.25, -0.2) is 8.78 Å². The molecule has 0 fully saturated rings. The Morgan fingerprint density at radius 3 is 2.46 bits per heavy atom. The molecule has 2 aromatic rings. The van der Waals surface area contributed by atoms with Crippen LogP contribution in [0, 0.1) is 11.6 Å². The molecule has 1 aliphatic heterocycles. The lowest BCUT2D eigenvalue weighted by molar-refractivity contribution is -0.112. The molecule has 0 unspecified atom stereocenters. The van der Waals surface area contributed by atoms with Gasteiger partial charge < -0.3 is 20.3 Å². The van der Waals surface area contributed by atoms with Crippen molar-refractivity contribution in [2.75, 3.05) is 4.90 Å². The summed E-state index contributed by atoms with van der Waals surface area (Å²) in [6, 6.07) is 5.51. The molecule has 8 heteroatoms. The Morgan fingerprint density at radius 2 is 1.79 bits per heavy atom. The van der Waals surface area contributed by atoms with Crippen molar-refractivity contribution in [3.63, 3.8) is 0 Å². The minimum Gasteiger partial charge on any atom is -0.507 e. The van der Waals surface area contributed by atoms with E-state index in [2.05, 4.69) is 5.16 Å². The Labute approximate surface area is 134 Å². The number of rotatable bonds is 3. The van der Waals surface area contributed by atoms with Crippen LogP contribution in [-0.4, -0.2) is 27.0 Å². The highest BCUT2D eigenvalue weighted by Gasteiger charge is 2.35. The number of aliphatic hydroxyl groups is 1. The van der Waals surface area contributed by atoms with E-state index in [0.29, 0.717) is 0 Å². The van der Waals surface area contributed by atoms with Gasteiger partial charge in [-0.2, -0.15) is 0 Å². The Bertz CT molecular complexity index is 867. The maximum absolute atomic E-state index is 13.6. The number of benzene rings is 2. The van der Waals surface area contributed by atoms with Gasteiger partial charge in [-0.3, -0.25) is 4.79 Å². The van der Waals surface area contributed by atoms with E-state index in [9.17, 15) is 18.7 Å². The fraction of sp³-hybridized carbons (Fsp3) is 0.125. The molecule has 1 aliphatic rings. The van der Waals surface area contributed by atoms with Gasteiger partial charge in [-0.05, 0) is 30.3 Å². The Morgan fingerprint density at radius 1 is 1.08 bits per heavy atom. The number of hydrogen-bond acceptors (Lipinski definition) is 5. The first-order valence-electron chi connectivity index (χ1n) is 6.91. The highest BCUT2D eigenvalue weighted by atomic mass is 19.1. The summed E-state index contributed by atoms with van der Waals surface area (Å²) in [7, 11) is 0. The average molecular weight is 334 g/mol. The number of phenols is 1. The monoisotopic (exact) mass is 334 g/mol. The van der Waals surface area contributed by atoms with E-state index in [1.54, 1.807) is 0 Å². The predicted molar refractivity (Wildman–Crippen MR) is 79.9 cm³/mol. The van der Waals surface area contributed by atoms with Gasteiger partial charge in [0, 0.05) is 16.7 Å². The summed E-state index contributed by atoms with van der Waals surface area (Å²) in [6.45, 7) is -0.817. The number of aliphatic hydroxyl groups excluding tert-OH is 1. The van der Waals surface area contributed by atoms with Crippen molar-refractivity contribution in [1.82, 2.24) is 0 Å². The molecule has 0 atom stereocenters. The second kappa shape index (κ2) is 5.89. The maximum Gasteiger partial charge on any atom is 0.281 e. The number of hydrogen-bond donors (Lipinski definition) is 3. The Balaban J connectivity index is 2.06. The summed E-state index contributed by atoms with van der Waals surface area (Å²) in [6.07, 6.45) is 0. The predicted octanol–water partition coefficient (Wildman–Crippen LogP) is 1.89. The second-order valence-electron chi connectivity index (χ2n) is 5.23. The first-order chi connectivity index (χ1) is 11.5. The summed E-state index contributed by atoms with van der Waals surface area (Å²) >= 11 is 0. The summed E-state index contributed by atoms with van der Waals surface area (Å²) < 4.78 is 27.0. The molecule has 124 valence electrons. The topological polar surface area (TPSA) is 93.4 Å². The molecule has 0 radical (unpaired) electrons. The highest BCUT2D eigenvalue weighted by Crippen LogP contribution is 2.34. The maximum atomic E-state index is 13.6. The Kier molecular flexibility index (Phi) is 3.90. The summed E-state index contributed by atoms with van der Waals surface area (Å²) in [5.41, 5.74) is 0.0563. The molecule has 0 saturated carbocycles. The van der Waals surface area contributed by atoms with E-state index in [4.69, 9.17) is 10.3 Å². The van der Waals surface area contributed by atoms with Crippen molar-refractivity contribution in [2.24, 2.45) is 5.16 Å². The fourth-order valence-corrected chi connectivity index (χ4v) is 2.67. The molecule has 0 saturated heterocycles. The van der Waals surface area contributed by atoms with E-state index in [0.717, 1.165) is 29.2 Å². The van der Waals surface area contributed by atoms with Crippen molar-refractivity contribution in [1.29, 1.82) is 0 Å². The van der Waals surface area contributed by atoms with Crippen LogP contribution in [0.25, 0.3) is 0 Å². The number of carbonyl (C=O) groups excluding carboxylic acids is 1. The number of nitrogens with zero attached hydrogens (tertiary/aromatic N) is 2. The largest absolute Gasteiger partial charge is 0.507 e. The summed E-state index contributed by atoms with van der Waals surface area (Å²) in [5, 5.41) is 31.1. The summed E-state index contributed by atoms with van der Waals surface area (Å²) in [4.78, 5) is 13.5. The molecule has 0 bridgehead atoms. The molecule has 1 amide bonds. The molecule has 24 heavy (non-hydrogen) atoms. The van der Waals surface area contributed by atoms with Gasteiger partial charge in [0.1, 0.15) is 17.4 Å². The minimum absolute atomic E-state index is 0.0213. The van der Waals surface area contributed by atoms with Crippen LogP contribution in [-0.2, 0) is 17.9 Å². The van der Waals surface area contributed by atoms with Gasteiger partial charge in [0.15, 0.2) is 5.71 Å². The first kappa shape index (κ1) is 15.9. The average Bonchev–Trinajstić information content (AvgIpc) is 2.81. The molecule has 6 nitrogen and oxygen atoms in total. The number of amides is 1. The molecular formula is C16H12F2N2O4. The minimum atomic E-state index is -0.715. The van der Waals surface area contributed by atoms with Gasteiger partial charge in [-0.1, -0.05) is 5.16 Å². The zero-order chi connectivity index (χ0) is 17.4. The van der Waals surface area contributed by atoms with E-state index >= 15 is 0 Å². The third-order valence-corrected chi connectivity index (χ3v) is 3.78. The lowest BCUT2D eigenvalue weighted by atomic mass is 10.1. The van der Waals surface area contributed by atoms with Crippen LogP contribution in [0.3, 0.4) is 0 Å². The molecule has 1 heterocycles. The number of fused-ring (bicyclic) bond motifs is 1. The van der Waals surface area contributed by atoms with Crippen molar-refractivity contribution in [3.8, 4) is 5.75 Å². The van der Waals surface area contributed by atoms with Crippen LogP contribution in [0.15, 0.2) is 35.5 Å². The van der Waals surface area contributed by atoms with Crippen LogP contribution >= 0.6 is 0 Å². The molecule has 0 aromatic heterocycles. The molecule has 0 aliphatic carbocycles. The van der Waals surface area contributed by atoms with Crippen molar-refractivity contribution in [2.45, 2.75) is 13.2 Å². The quantitative estimate of drug-likeness (QED) is 0.590. The third-order valence-electron chi connectivity index (χ3n) is 3.78. The second-order valence-corrected chi connectivity index (χ2v) is 5.23. The van der Waals surface area contributed by atoms with Gasteiger partial charge in [0.05, 0.1) is 18.8 Å². The lowest BCUT2D eigenvalue weighted by Crippen LogP contribution is -2.29. The first-order valence-corrected chi connectivity index (χ1v) is 6.91. The Hall–Kier alpha value is -3.00. The standard InChI is InChI=1S/C16H12F2N2O4/c17-10-1-2-13-12(5-10)14(19-24)16(23)20(13)6-8-3-11(18)4-9(7-21)15(8)22/h1-5,21-22,24H,6-7H2/b19-14-.